The fourth-order valence-corrected chi connectivity index (χ4v) is 6.84. The predicted molar refractivity (Wildman–Crippen MR) is 137 cm³/mol. The summed E-state index contributed by atoms with van der Waals surface area (Å²) in [7, 11) is 0. The molecule has 2 spiro atoms. The van der Waals surface area contributed by atoms with Crippen LogP contribution in [0.2, 0.25) is 0 Å². The second-order valence-electron chi connectivity index (χ2n) is 11.7. The molecule has 5 aliphatic rings. The molecule has 2 bridgehead atoms. The van der Waals surface area contributed by atoms with E-state index in [0.29, 0.717) is 18.6 Å². The number of aliphatic hydroxyl groups excluding tert-OH is 3. The number of carbonyl (C=O) groups is 2. The minimum atomic E-state index is -1.11. The molecule has 214 valence electrons. The Kier molecular flexibility index (Phi) is 7.41. The Bertz CT molecular complexity index is 1120. The van der Waals surface area contributed by atoms with Crippen molar-refractivity contribution in [3.63, 3.8) is 0 Å². The summed E-state index contributed by atoms with van der Waals surface area (Å²) in [6.07, 6.45) is 4.68. The number of esters is 2. The molecule has 39 heavy (non-hydrogen) atoms. The lowest BCUT2D eigenvalue weighted by Crippen LogP contribution is -2.68. The highest BCUT2D eigenvalue weighted by Crippen LogP contribution is 2.72. The molecule has 3 fully saturated rings. The van der Waals surface area contributed by atoms with Crippen LogP contribution in [0.3, 0.4) is 0 Å². The van der Waals surface area contributed by atoms with Crippen LogP contribution in [0, 0.1) is 10.8 Å². The van der Waals surface area contributed by atoms with E-state index >= 15 is 0 Å². The van der Waals surface area contributed by atoms with Gasteiger partial charge in [0.15, 0.2) is 0 Å². The molecule has 10 heteroatoms. The Hall–Kier alpha value is -2.34. The molecule has 2 aliphatic carbocycles. The van der Waals surface area contributed by atoms with Crippen molar-refractivity contribution in [2.45, 2.75) is 88.9 Å². The van der Waals surface area contributed by atoms with E-state index in [1.807, 2.05) is 19.9 Å². The quantitative estimate of drug-likeness (QED) is 0.250. The summed E-state index contributed by atoms with van der Waals surface area (Å²) < 4.78 is 30.1. The van der Waals surface area contributed by atoms with Gasteiger partial charge in [0.05, 0.1) is 49.1 Å². The van der Waals surface area contributed by atoms with E-state index in [0.717, 1.165) is 5.57 Å². The third kappa shape index (κ3) is 4.61. The molecule has 1 saturated carbocycles. The molecule has 0 radical (unpaired) electrons. The molecule has 0 aromatic heterocycles. The predicted octanol–water partition coefficient (Wildman–Crippen LogP) is 1.28. The molecule has 0 aromatic carbocycles. The average Bonchev–Trinajstić information content (AvgIpc) is 3.65. The van der Waals surface area contributed by atoms with E-state index in [9.17, 15) is 24.9 Å². The SMILES string of the molecule is CC1=C[C@H]2O[C@@H]3C[C@H]4OC(=O)/C=C\C=C\[C@H]([C@H](C)O)OCC(O)/C(C)=C/C(=O)OC[C@@]2(C[C@H]1O)[C@]4(C)C31CO1. The summed E-state index contributed by atoms with van der Waals surface area (Å²) in [5, 5.41) is 31.6. The molecule has 3 heterocycles. The fourth-order valence-electron chi connectivity index (χ4n) is 6.84. The van der Waals surface area contributed by atoms with Gasteiger partial charge in [0.25, 0.3) is 0 Å². The van der Waals surface area contributed by atoms with Crippen molar-refractivity contribution in [1.29, 1.82) is 0 Å². The zero-order valence-corrected chi connectivity index (χ0v) is 22.7. The van der Waals surface area contributed by atoms with Gasteiger partial charge in [-0.3, -0.25) is 0 Å². The molecule has 0 aromatic rings. The summed E-state index contributed by atoms with van der Waals surface area (Å²) in [5.41, 5.74) is -1.40. The number of cyclic esters (lactones) is 1. The highest BCUT2D eigenvalue weighted by molar-refractivity contribution is 5.83. The number of carbonyl (C=O) groups excluding carboxylic acids is 2. The third-order valence-corrected chi connectivity index (χ3v) is 9.48. The molecule has 10 nitrogen and oxygen atoms in total. The Balaban J connectivity index is 1.54. The van der Waals surface area contributed by atoms with Gasteiger partial charge in [-0.15, -0.1) is 0 Å². The van der Waals surface area contributed by atoms with E-state index in [-0.39, 0.29) is 25.7 Å². The van der Waals surface area contributed by atoms with Gasteiger partial charge in [-0.25, -0.2) is 9.59 Å². The van der Waals surface area contributed by atoms with Crippen LogP contribution >= 0.6 is 0 Å². The van der Waals surface area contributed by atoms with Gasteiger partial charge in [0, 0.05) is 24.0 Å². The average molecular weight is 547 g/mol. The third-order valence-electron chi connectivity index (χ3n) is 9.48. The van der Waals surface area contributed by atoms with Crippen LogP contribution in [0.4, 0.5) is 0 Å². The van der Waals surface area contributed by atoms with Crippen molar-refractivity contribution in [2.75, 3.05) is 19.8 Å². The van der Waals surface area contributed by atoms with E-state index in [2.05, 4.69) is 0 Å². The lowest BCUT2D eigenvalue weighted by Gasteiger charge is -2.58. The van der Waals surface area contributed by atoms with Crippen molar-refractivity contribution in [3.8, 4) is 0 Å². The summed E-state index contributed by atoms with van der Waals surface area (Å²) >= 11 is 0. The normalized spacial score (nSPS) is 48.3. The monoisotopic (exact) mass is 546 g/mol. The highest BCUT2D eigenvalue weighted by atomic mass is 16.6. The van der Waals surface area contributed by atoms with Crippen molar-refractivity contribution >= 4 is 11.9 Å². The molecule has 3 N–H and O–H groups in total. The van der Waals surface area contributed by atoms with Gasteiger partial charge in [-0.2, -0.15) is 0 Å². The number of hydrogen-bond donors (Lipinski definition) is 3. The van der Waals surface area contributed by atoms with Crippen LogP contribution in [0.5, 0.6) is 0 Å². The second-order valence-corrected chi connectivity index (χ2v) is 11.7. The van der Waals surface area contributed by atoms with Crippen LogP contribution in [0.1, 0.15) is 40.5 Å². The molecular weight excluding hydrogens is 508 g/mol. The first-order valence-corrected chi connectivity index (χ1v) is 13.5. The van der Waals surface area contributed by atoms with Crippen LogP contribution in [-0.2, 0) is 33.3 Å². The summed E-state index contributed by atoms with van der Waals surface area (Å²) in [5.74, 6) is -1.23. The molecule has 10 atom stereocenters. The van der Waals surface area contributed by atoms with Crippen molar-refractivity contribution < 1.29 is 48.6 Å². The summed E-state index contributed by atoms with van der Waals surface area (Å²) in [6.45, 7) is 7.09. The fraction of sp³-hybridized carbons (Fsp3) is 0.655. The van der Waals surface area contributed by atoms with Crippen LogP contribution in [0.25, 0.3) is 0 Å². The lowest BCUT2D eigenvalue weighted by atomic mass is 9.51. The number of epoxide rings is 1. The smallest absolute Gasteiger partial charge is 0.331 e. The van der Waals surface area contributed by atoms with Gasteiger partial charge in [0.2, 0.25) is 0 Å². The number of allylic oxidation sites excluding steroid dienone is 2. The maximum atomic E-state index is 13.0. The first-order chi connectivity index (χ1) is 18.4. The Labute approximate surface area is 227 Å². The van der Waals surface area contributed by atoms with E-state index in [1.165, 1.54) is 18.2 Å². The minimum absolute atomic E-state index is 0.112. The van der Waals surface area contributed by atoms with Crippen LogP contribution < -0.4 is 0 Å². The summed E-state index contributed by atoms with van der Waals surface area (Å²) in [6, 6.07) is 0. The number of rotatable bonds is 1. The summed E-state index contributed by atoms with van der Waals surface area (Å²) in [4.78, 5) is 25.9. The molecular formula is C29H38O10. The lowest BCUT2D eigenvalue weighted by molar-refractivity contribution is -0.238. The first kappa shape index (κ1) is 28.2. The first-order valence-electron chi connectivity index (χ1n) is 13.5. The Morgan fingerprint density at radius 2 is 1.77 bits per heavy atom. The standard InChI is InChI=1S/C29H38O10/c1-16-9-23-28(12-19(16)31)14-36-26(34)10-17(2)20(32)13-35-21(18(3)30)7-5-6-8-25(33)39-22-11-24(38-23)29(15-37-29)27(22,28)4/h5-10,18-24,30-32H,11-15H2,1-4H3/b7-5+,8-6-,17-10+/t18-,19+,20?,21+,22+,23+,24+,27+,28+,29?/m0/s1. The van der Waals surface area contributed by atoms with E-state index in [1.54, 1.807) is 26.0 Å². The Morgan fingerprint density at radius 1 is 1.03 bits per heavy atom. The largest absolute Gasteiger partial charge is 0.462 e. The Morgan fingerprint density at radius 3 is 2.46 bits per heavy atom. The molecule has 0 amide bonds. The van der Waals surface area contributed by atoms with Crippen molar-refractivity contribution in [3.05, 3.63) is 47.6 Å². The van der Waals surface area contributed by atoms with Gasteiger partial charge in [0.1, 0.15) is 24.4 Å². The maximum Gasteiger partial charge on any atom is 0.331 e. The van der Waals surface area contributed by atoms with E-state index < -0.39 is 65.0 Å². The minimum Gasteiger partial charge on any atom is -0.462 e. The van der Waals surface area contributed by atoms with Gasteiger partial charge < -0.3 is 39.0 Å². The second kappa shape index (κ2) is 10.2. The van der Waals surface area contributed by atoms with Gasteiger partial charge in [-0.1, -0.05) is 31.2 Å². The van der Waals surface area contributed by atoms with Crippen molar-refractivity contribution in [1.82, 2.24) is 0 Å². The zero-order valence-electron chi connectivity index (χ0n) is 22.7. The molecule has 3 aliphatic heterocycles. The maximum absolute atomic E-state index is 13.0. The number of ether oxygens (including phenoxy) is 5. The highest BCUT2D eigenvalue weighted by Gasteiger charge is 2.83. The van der Waals surface area contributed by atoms with E-state index in [4.69, 9.17) is 23.7 Å². The zero-order chi connectivity index (χ0) is 28.2. The van der Waals surface area contributed by atoms with Crippen LogP contribution in [-0.4, -0.2) is 95.4 Å². The molecule has 2 saturated heterocycles. The van der Waals surface area contributed by atoms with Gasteiger partial charge >= 0.3 is 11.9 Å². The van der Waals surface area contributed by atoms with Gasteiger partial charge in [-0.05, 0) is 38.3 Å². The van der Waals surface area contributed by atoms with Crippen molar-refractivity contribution in [2.24, 2.45) is 10.8 Å². The molecule has 5 rings (SSSR count). The number of aliphatic hydroxyl groups is 3. The number of hydrogen-bond acceptors (Lipinski definition) is 10. The van der Waals surface area contributed by atoms with Crippen LogP contribution in [0.15, 0.2) is 47.6 Å². The molecule has 2 unspecified atom stereocenters. The topological polar surface area (TPSA) is 144 Å².